The molecule has 0 aliphatic heterocycles. The number of aryl methyl sites for hydroxylation is 7. The first kappa shape index (κ1) is 71.1. The van der Waals surface area contributed by atoms with Crippen LogP contribution in [-0.2, 0) is 32.5 Å². The number of aromatic nitrogens is 6. The number of nitrogens with one attached hydrogen (secondary N) is 4. The molecule has 6 aromatic rings. The summed E-state index contributed by atoms with van der Waals surface area (Å²) in [4.78, 5) is 64.5. The van der Waals surface area contributed by atoms with Crippen molar-refractivity contribution in [2.75, 3.05) is 0 Å². The van der Waals surface area contributed by atoms with Crippen LogP contribution in [-0.4, -0.2) is 55.4 Å². The van der Waals surface area contributed by atoms with Crippen molar-refractivity contribution < 1.29 is 25.5 Å². The molecule has 9 N–H and O–H groups in total. The highest BCUT2D eigenvalue weighted by molar-refractivity contribution is 5.48. The summed E-state index contributed by atoms with van der Waals surface area (Å²) in [7, 11) is 0. The molecule has 0 spiro atoms. The molecule has 0 atom stereocenters. The van der Waals surface area contributed by atoms with Crippen LogP contribution >= 0.6 is 0 Å². The van der Waals surface area contributed by atoms with E-state index in [0.717, 1.165) is 56.0 Å². The van der Waals surface area contributed by atoms with E-state index >= 15 is 0 Å². The van der Waals surface area contributed by atoms with Crippen molar-refractivity contribution in [2.45, 2.75) is 233 Å². The van der Waals surface area contributed by atoms with Gasteiger partial charge in [0, 0.05) is 50.5 Å². The summed E-state index contributed by atoms with van der Waals surface area (Å²) < 4.78 is 0. The molecule has 0 amide bonds. The van der Waals surface area contributed by atoms with E-state index in [1.54, 1.807) is 26.8 Å². The summed E-state index contributed by atoms with van der Waals surface area (Å²) in [6.07, 6.45) is 0. The monoisotopic (exact) mass is 1110 g/mol. The van der Waals surface area contributed by atoms with E-state index < -0.39 is 0 Å². The lowest BCUT2D eigenvalue weighted by Crippen LogP contribution is -2.26. The number of H-pyrrole nitrogens is 4. The lowest BCUT2D eigenvalue weighted by atomic mass is 9.81. The minimum Gasteiger partial charge on any atom is -0.508 e. The fraction of sp³-hybridized carbons (Fsp3) is 0.538. The van der Waals surface area contributed by atoms with E-state index in [-0.39, 0.29) is 78.0 Å². The molecular formula is C65H100N6O9. The Morgan fingerprint density at radius 3 is 1.09 bits per heavy atom. The normalized spacial score (nSPS) is 11.8. The average Bonchev–Trinajstić information content (AvgIpc) is 3.22. The Hall–Kier alpha value is -6.90. The molecule has 0 saturated heterocycles. The second-order valence-electron chi connectivity index (χ2n) is 27.2. The van der Waals surface area contributed by atoms with Crippen LogP contribution in [0.25, 0.3) is 0 Å². The highest BCUT2D eigenvalue weighted by Crippen LogP contribution is 2.36. The topological polar surface area (TPSA) is 258 Å². The highest BCUT2D eigenvalue weighted by Gasteiger charge is 2.25. The van der Waals surface area contributed by atoms with E-state index in [1.807, 2.05) is 130 Å². The van der Waals surface area contributed by atoms with Crippen LogP contribution in [0.3, 0.4) is 0 Å². The molecule has 444 valence electrons. The van der Waals surface area contributed by atoms with Crippen molar-refractivity contribution in [3.8, 4) is 29.0 Å². The number of nitrogens with zero attached hydrogens (tertiary/aromatic N) is 2. The van der Waals surface area contributed by atoms with Gasteiger partial charge in [-0.25, -0.2) is 4.98 Å². The Morgan fingerprint density at radius 1 is 0.325 bits per heavy atom. The molecule has 0 aliphatic rings. The summed E-state index contributed by atoms with van der Waals surface area (Å²) in [6.45, 7) is 57.9. The van der Waals surface area contributed by atoms with Crippen LogP contribution in [0.2, 0.25) is 0 Å². The summed E-state index contributed by atoms with van der Waals surface area (Å²) in [6, 6.07) is 6.70. The van der Waals surface area contributed by atoms with Gasteiger partial charge in [0.25, 0.3) is 22.2 Å². The Bertz CT molecular complexity index is 3250. The smallest absolute Gasteiger partial charge is 0.272 e. The molecule has 0 radical (unpaired) electrons. The van der Waals surface area contributed by atoms with Gasteiger partial charge in [-0.3, -0.25) is 34.1 Å². The van der Waals surface area contributed by atoms with Crippen molar-refractivity contribution >= 4 is 0 Å². The Labute approximate surface area is 476 Å². The third kappa shape index (κ3) is 19.7. The lowest BCUT2D eigenvalue weighted by molar-refractivity contribution is 0.430. The van der Waals surface area contributed by atoms with Crippen LogP contribution in [0.1, 0.15) is 220 Å². The van der Waals surface area contributed by atoms with E-state index in [4.69, 9.17) is 0 Å². The SMILES string of the molecule is Cc1[nH]c(=O)c(C)c(C)c1C(C)(C)C.Cc1[nH]c(=O)c(C)nc1C(C)(C)C.Cc1c(O)[nH]c(=O)c(C(C)(C)C)c1C.Cc1cc(O)cc(C)c1C(C)(C)C.Cc1cc(O)cc(O)c1C(C)(C)C.Cc1nc(C(C)(C)C)c(=O)[nH]c1O. The number of aromatic amines is 4. The quantitative estimate of drug-likeness (QED) is 0.0691. The molecule has 0 saturated carbocycles. The van der Waals surface area contributed by atoms with Gasteiger partial charge in [0.1, 0.15) is 28.6 Å². The van der Waals surface area contributed by atoms with E-state index in [2.05, 4.69) is 92.2 Å². The average molecular weight is 1110 g/mol. The summed E-state index contributed by atoms with van der Waals surface area (Å²) in [5, 5.41) is 46.8. The van der Waals surface area contributed by atoms with Crippen molar-refractivity contribution in [3.05, 3.63) is 161 Å². The molecule has 6 rings (SSSR count). The van der Waals surface area contributed by atoms with Crippen molar-refractivity contribution in [2.24, 2.45) is 0 Å². The van der Waals surface area contributed by atoms with Gasteiger partial charge >= 0.3 is 0 Å². The fourth-order valence-corrected chi connectivity index (χ4v) is 10.0. The van der Waals surface area contributed by atoms with Crippen LogP contribution in [0, 0.1) is 76.2 Å². The van der Waals surface area contributed by atoms with Gasteiger partial charge in [0.05, 0.1) is 11.4 Å². The van der Waals surface area contributed by atoms with Gasteiger partial charge in [-0.15, -0.1) is 0 Å². The zero-order valence-corrected chi connectivity index (χ0v) is 54.1. The van der Waals surface area contributed by atoms with Crippen LogP contribution in [0.5, 0.6) is 29.0 Å². The van der Waals surface area contributed by atoms with Crippen LogP contribution < -0.4 is 22.2 Å². The number of pyridine rings is 2. The number of aromatic hydroxyl groups is 5. The zero-order valence-electron chi connectivity index (χ0n) is 54.1. The molecule has 0 aliphatic carbocycles. The number of hydrogen-bond acceptors (Lipinski definition) is 11. The molecule has 0 fully saturated rings. The van der Waals surface area contributed by atoms with Gasteiger partial charge < -0.3 is 35.5 Å². The zero-order chi connectivity index (χ0) is 63.1. The predicted molar refractivity (Wildman–Crippen MR) is 329 cm³/mol. The number of benzene rings is 2. The third-order valence-corrected chi connectivity index (χ3v) is 13.3. The van der Waals surface area contributed by atoms with Gasteiger partial charge in [-0.1, -0.05) is 125 Å². The molecule has 80 heavy (non-hydrogen) atoms. The lowest BCUT2D eigenvalue weighted by Gasteiger charge is -2.24. The maximum Gasteiger partial charge on any atom is 0.272 e. The first-order valence-electron chi connectivity index (χ1n) is 27.1. The van der Waals surface area contributed by atoms with Gasteiger partial charge in [0.2, 0.25) is 5.88 Å². The van der Waals surface area contributed by atoms with Crippen LogP contribution in [0.15, 0.2) is 43.4 Å². The Balaban J connectivity index is 0.000000480. The van der Waals surface area contributed by atoms with Crippen molar-refractivity contribution in [1.29, 1.82) is 0 Å². The number of rotatable bonds is 0. The second kappa shape index (κ2) is 26.6. The molecule has 0 bridgehead atoms. The van der Waals surface area contributed by atoms with Crippen molar-refractivity contribution in [1.82, 2.24) is 29.9 Å². The minimum atomic E-state index is -0.324. The Morgan fingerprint density at radius 2 is 0.688 bits per heavy atom. The summed E-state index contributed by atoms with van der Waals surface area (Å²) >= 11 is 0. The molecule has 4 aromatic heterocycles. The molecule has 0 unspecified atom stereocenters. The number of hydrogen-bond donors (Lipinski definition) is 9. The third-order valence-electron chi connectivity index (χ3n) is 13.3. The number of phenolic OH excluding ortho intramolecular Hbond substituents is 3. The Kier molecular flexibility index (Phi) is 23.6. The van der Waals surface area contributed by atoms with Crippen LogP contribution in [0.4, 0.5) is 0 Å². The maximum absolute atomic E-state index is 11.6. The van der Waals surface area contributed by atoms with E-state index in [9.17, 15) is 44.7 Å². The molecule has 2 aromatic carbocycles. The predicted octanol–water partition coefficient (Wildman–Crippen LogP) is 13.4. The standard InChI is InChI=1S/C12H19NO.C12H18O.C11H17NO2.C11H16O2.C10H16N2O.C9H14N2O2/c1-7-8(2)11(14)13-9(3)10(7)12(4,5)6;1-8-6-10(13)7-9(2)11(8)12(3,4)5;1-6-7(2)9(13)12-10(14)8(6)11(3,4)5;1-7-5-8(12)6-9(13)10(7)11(2,3)4;1-6-8(10(3,4)5)11-7(2)9(13)12-6;1-5-7(12)11-8(13)6(10-5)9(2,3)4/h1-6H3,(H,13,14);6-7,13H,1-5H3;1-5H3,(H2,12,13,14);5-6,12-13H,1-4H3;1-5H3,(H,12,13);1-4H3,(H2,11,12,13). The molecule has 15 nitrogen and oxygen atoms in total. The summed E-state index contributed by atoms with van der Waals surface area (Å²) in [5.41, 5.74) is 14.4. The largest absolute Gasteiger partial charge is 0.508 e. The first-order valence-corrected chi connectivity index (χ1v) is 27.1. The van der Waals surface area contributed by atoms with Gasteiger partial charge in [0.15, 0.2) is 5.88 Å². The highest BCUT2D eigenvalue weighted by atomic mass is 16.3. The fourth-order valence-electron chi connectivity index (χ4n) is 10.0. The number of phenols is 3. The van der Waals surface area contributed by atoms with Gasteiger partial charge in [-0.05, 0) is 155 Å². The van der Waals surface area contributed by atoms with Crippen molar-refractivity contribution in [3.63, 3.8) is 0 Å². The first-order chi connectivity index (χ1) is 35.8. The molecular weight excluding hydrogens is 1010 g/mol. The van der Waals surface area contributed by atoms with E-state index in [1.165, 1.54) is 28.3 Å². The second-order valence-corrected chi connectivity index (χ2v) is 27.2. The minimum absolute atomic E-state index is 0.0148. The van der Waals surface area contributed by atoms with E-state index in [0.29, 0.717) is 22.8 Å². The van der Waals surface area contributed by atoms with Gasteiger partial charge in [-0.2, -0.15) is 0 Å². The molecule has 15 heteroatoms. The maximum atomic E-state index is 11.6. The molecule has 4 heterocycles. The summed E-state index contributed by atoms with van der Waals surface area (Å²) in [5.74, 6) is 0.467.